The van der Waals surface area contributed by atoms with E-state index >= 15 is 0 Å². The van der Waals surface area contributed by atoms with E-state index in [2.05, 4.69) is 11.4 Å². The van der Waals surface area contributed by atoms with Crippen LogP contribution in [0, 0.1) is 5.92 Å². The van der Waals surface area contributed by atoms with Crippen molar-refractivity contribution in [3.05, 3.63) is 88.8 Å². The Kier molecular flexibility index (Phi) is 6.74. The molecule has 5 nitrogen and oxygen atoms in total. The lowest BCUT2D eigenvalue weighted by atomic mass is 9.71. The van der Waals surface area contributed by atoms with E-state index in [1.54, 1.807) is 0 Å². The van der Waals surface area contributed by atoms with Crippen molar-refractivity contribution in [1.82, 2.24) is 5.32 Å². The Balaban J connectivity index is 1.62. The lowest BCUT2D eigenvalue weighted by Gasteiger charge is -2.38. The second-order valence-electron chi connectivity index (χ2n) is 8.16. The molecule has 5 heteroatoms. The van der Waals surface area contributed by atoms with Gasteiger partial charge in [-0.05, 0) is 43.5 Å². The molecule has 0 spiro atoms. The van der Waals surface area contributed by atoms with Gasteiger partial charge in [0.05, 0.1) is 24.7 Å². The summed E-state index contributed by atoms with van der Waals surface area (Å²) in [4.78, 5) is 26.2. The Morgan fingerprint density at radius 1 is 1.06 bits per heavy atom. The van der Waals surface area contributed by atoms with Crippen molar-refractivity contribution in [2.75, 3.05) is 13.2 Å². The average Bonchev–Trinajstić information content (AvgIpc) is 2.80. The molecule has 0 bridgehead atoms. The standard InChI is InChI=1S/C27H29NO4/c1-3-31-21-14-12-20(13-15-21)25-24(18(2)28-22-10-7-11-23(29)26(22)25)27(30)32-17-16-19-8-5-4-6-9-19/h4-6,8-10,12-15,25-26,28H,3,7,11,16-17H2,1-2H3. The maximum Gasteiger partial charge on any atom is 0.336 e. The van der Waals surface area contributed by atoms with E-state index in [0.717, 1.165) is 34.7 Å². The molecule has 0 aromatic heterocycles. The topological polar surface area (TPSA) is 64.6 Å². The van der Waals surface area contributed by atoms with E-state index in [9.17, 15) is 9.59 Å². The summed E-state index contributed by atoms with van der Waals surface area (Å²) < 4.78 is 11.3. The monoisotopic (exact) mass is 431 g/mol. The molecule has 2 aromatic rings. The molecule has 2 aliphatic rings. The molecule has 4 rings (SSSR count). The van der Waals surface area contributed by atoms with Crippen LogP contribution in [-0.4, -0.2) is 25.0 Å². The number of fused-ring (bicyclic) bond motifs is 1. The first kappa shape index (κ1) is 21.9. The molecule has 1 aliphatic heterocycles. The number of Topliss-reactive ketones (excluding diaryl/α,β-unsaturated/α-hetero) is 1. The van der Waals surface area contributed by atoms with Crippen LogP contribution in [0.25, 0.3) is 0 Å². The number of carbonyl (C=O) groups is 2. The predicted molar refractivity (Wildman–Crippen MR) is 123 cm³/mol. The van der Waals surface area contributed by atoms with Gasteiger partial charge in [-0.3, -0.25) is 4.79 Å². The Labute approximate surface area is 189 Å². The first-order valence-corrected chi connectivity index (χ1v) is 11.2. The van der Waals surface area contributed by atoms with Crippen LogP contribution in [0.2, 0.25) is 0 Å². The van der Waals surface area contributed by atoms with Crippen molar-refractivity contribution < 1.29 is 19.1 Å². The number of ketones is 1. The van der Waals surface area contributed by atoms with Crippen molar-refractivity contribution >= 4 is 11.8 Å². The van der Waals surface area contributed by atoms with Crippen LogP contribution < -0.4 is 10.1 Å². The molecule has 166 valence electrons. The van der Waals surface area contributed by atoms with Gasteiger partial charge < -0.3 is 14.8 Å². The van der Waals surface area contributed by atoms with Gasteiger partial charge in [-0.25, -0.2) is 4.79 Å². The fourth-order valence-electron chi connectivity index (χ4n) is 4.57. The zero-order chi connectivity index (χ0) is 22.5. The molecular weight excluding hydrogens is 402 g/mol. The summed E-state index contributed by atoms with van der Waals surface area (Å²) >= 11 is 0. The van der Waals surface area contributed by atoms with Crippen molar-refractivity contribution in [2.24, 2.45) is 5.92 Å². The van der Waals surface area contributed by atoms with E-state index in [0.29, 0.717) is 25.0 Å². The van der Waals surface area contributed by atoms with E-state index in [-0.39, 0.29) is 24.3 Å². The fraction of sp³-hybridized carbons (Fsp3) is 0.333. The number of benzene rings is 2. The van der Waals surface area contributed by atoms with E-state index in [1.165, 1.54) is 0 Å². The van der Waals surface area contributed by atoms with Crippen LogP contribution in [0.3, 0.4) is 0 Å². The molecule has 1 aliphatic carbocycles. The zero-order valence-corrected chi connectivity index (χ0v) is 18.6. The maximum absolute atomic E-state index is 13.3. The third-order valence-corrected chi connectivity index (χ3v) is 6.05. The van der Waals surface area contributed by atoms with Gasteiger partial charge >= 0.3 is 5.97 Å². The minimum atomic E-state index is -0.401. The summed E-state index contributed by atoms with van der Waals surface area (Å²) in [6, 6.07) is 17.6. The summed E-state index contributed by atoms with van der Waals surface area (Å²) in [5, 5.41) is 3.31. The smallest absolute Gasteiger partial charge is 0.336 e. The Hall–Kier alpha value is -3.34. The highest BCUT2D eigenvalue weighted by Gasteiger charge is 2.43. The summed E-state index contributed by atoms with van der Waals surface area (Å²) in [5.41, 5.74) is 4.18. The maximum atomic E-state index is 13.3. The predicted octanol–water partition coefficient (Wildman–Crippen LogP) is 4.70. The SMILES string of the molecule is CCOc1ccc(C2C(C(=O)OCCc3ccccc3)=C(C)NC3=CCCC(=O)C32)cc1. The molecule has 0 saturated carbocycles. The highest BCUT2D eigenvalue weighted by molar-refractivity contribution is 5.96. The van der Waals surface area contributed by atoms with Crippen LogP contribution in [0.5, 0.6) is 5.75 Å². The molecule has 2 unspecified atom stereocenters. The first-order valence-electron chi connectivity index (χ1n) is 11.2. The largest absolute Gasteiger partial charge is 0.494 e. The van der Waals surface area contributed by atoms with Crippen LogP contribution in [0.4, 0.5) is 0 Å². The molecule has 32 heavy (non-hydrogen) atoms. The van der Waals surface area contributed by atoms with Gasteiger partial charge in [0, 0.05) is 30.2 Å². The summed E-state index contributed by atoms with van der Waals surface area (Å²) in [5.74, 6) is -0.237. The molecule has 0 saturated heterocycles. The number of allylic oxidation sites excluding steroid dienone is 3. The second kappa shape index (κ2) is 9.86. The highest BCUT2D eigenvalue weighted by atomic mass is 16.5. The van der Waals surface area contributed by atoms with E-state index in [1.807, 2.05) is 68.4 Å². The Bertz CT molecular complexity index is 1040. The van der Waals surface area contributed by atoms with Gasteiger partial charge in [-0.2, -0.15) is 0 Å². The number of hydrogen-bond donors (Lipinski definition) is 1. The van der Waals surface area contributed by atoms with Gasteiger partial charge in [0.2, 0.25) is 0 Å². The van der Waals surface area contributed by atoms with Gasteiger partial charge in [0.15, 0.2) is 0 Å². The Morgan fingerprint density at radius 2 is 1.81 bits per heavy atom. The third-order valence-electron chi connectivity index (χ3n) is 6.05. The highest BCUT2D eigenvalue weighted by Crippen LogP contribution is 2.44. The van der Waals surface area contributed by atoms with Crippen LogP contribution in [-0.2, 0) is 20.7 Å². The molecule has 1 heterocycles. The lowest BCUT2D eigenvalue weighted by Crippen LogP contribution is -2.40. The number of esters is 1. The van der Waals surface area contributed by atoms with E-state index in [4.69, 9.17) is 9.47 Å². The first-order chi connectivity index (χ1) is 15.6. The number of hydrogen-bond acceptors (Lipinski definition) is 5. The van der Waals surface area contributed by atoms with Gasteiger partial charge in [-0.15, -0.1) is 0 Å². The Morgan fingerprint density at radius 3 is 2.53 bits per heavy atom. The molecule has 2 aromatic carbocycles. The number of nitrogens with one attached hydrogen (secondary N) is 1. The summed E-state index contributed by atoms with van der Waals surface area (Å²) in [6.45, 7) is 4.69. The van der Waals surface area contributed by atoms with Crippen molar-refractivity contribution in [3.8, 4) is 5.75 Å². The number of carbonyl (C=O) groups excluding carboxylic acids is 2. The van der Waals surface area contributed by atoms with Crippen molar-refractivity contribution in [2.45, 2.75) is 39.0 Å². The quantitative estimate of drug-likeness (QED) is 0.644. The molecule has 2 atom stereocenters. The van der Waals surface area contributed by atoms with Crippen molar-refractivity contribution in [1.29, 1.82) is 0 Å². The molecule has 0 fully saturated rings. The second-order valence-corrected chi connectivity index (χ2v) is 8.16. The number of rotatable bonds is 7. The molecule has 0 amide bonds. The van der Waals surface area contributed by atoms with Crippen molar-refractivity contribution in [3.63, 3.8) is 0 Å². The van der Waals surface area contributed by atoms with Gasteiger partial charge in [0.25, 0.3) is 0 Å². The molecule has 1 N–H and O–H groups in total. The number of ether oxygens (including phenoxy) is 2. The zero-order valence-electron chi connectivity index (χ0n) is 18.6. The van der Waals surface area contributed by atoms with Gasteiger partial charge in [0.1, 0.15) is 11.5 Å². The van der Waals surface area contributed by atoms with Crippen LogP contribution in [0.15, 0.2) is 77.6 Å². The molecular formula is C27H29NO4. The minimum absolute atomic E-state index is 0.149. The summed E-state index contributed by atoms with van der Waals surface area (Å²) in [7, 11) is 0. The average molecular weight is 432 g/mol. The summed E-state index contributed by atoms with van der Waals surface area (Å²) in [6.07, 6.45) is 3.93. The van der Waals surface area contributed by atoms with E-state index < -0.39 is 5.92 Å². The fourth-order valence-corrected chi connectivity index (χ4v) is 4.57. The van der Waals surface area contributed by atoms with Gasteiger partial charge in [-0.1, -0.05) is 48.5 Å². The van der Waals surface area contributed by atoms with Crippen LogP contribution in [0.1, 0.15) is 43.7 Å². The third kappa shape index (κ3) is 4.62. The normalized spacial score (nSPS) is 20.2. The lowest BCUT2D eigenvalue weighted by molar-refractivity contribution is -0.139. The van der Waals surface area contributed by atoms with Crippen LogP contribution >= 0.6 is 0 Å². The minimum Gasteiger partial charge on any atom is -0.494 e. The molecule has 0 radical (unpaired) electrons.